The van der Waals surface area contributed by atoms with Crippen LogP contribution in [-0.4, -0.2) is 16.2 Å². The molecule has 0 saturated heterocycles. The van der Waals surface area contributed by atoms with E-state index in [1.807, 2.05) is 0 Å². The van der Waals surface area contributed by atoms with Gasteiger partial charge < -0.3 is 4.74 Å². The van der Waals surface area contributed by atoms with E-state index in [4.69, 9.17) is 16.3 Å². The van der Waals surface area contributed by atoms with E-state index in [-0.39, 0.29) is 16.5 Å². The summed E-state index contributed by atoms with van der Waals surface area (Å²) in [6.45, 7) is -0.734. The third-order valence-electron chi connectivity index (χ3n) is 4.21. The Hall–Kier alpha value is -3.07. The zero-order chi connectivity index (χ0) is 21.3. The van der Waals surface area contributed by atoms with Crippen LogP contribution < -0.4 is 16.0 Å². The van der Waals surface area contributed by atoms with Crippen molar-refractivity contribution in [3.05, 3.63) is 91.5 Å². The monoisotopic (exact) mass is 428 g/mol. The topological polar surface area (TPSA) is 53.2 Å². The molecule has 0 N–H and O–H groups in total. The predicted octanol–water partition coefficient (Wildman–Crippen LogP) is 3.87. The molecule has 0 amide bonds. The molecule has 0 bridgehead atoms. The van der Waals surface area contributed by atoms with Gasteiger partial charge in [-0.1, -0.05) is 23.7 Å². The highest BCUT2D eigenvalue weighted by Gasteiger charge is 2.34. The van der Waals surface area contributed by atoms with Crippen LogP contribution in [0.3, 0.4) is 0 Å². The number of rotatable bonds is 4. The molecule has 0 unspecified atom stereocenters. The summed E-state index contributed by atoms with van der Waals surface area (Å²) in [7, 11) is 1.34. The lowest BCUT2D eigenvalue weighted by molar-refractivity contribution is -0.138. The van der Waals surface area contributed by atoms with Crippen LogP contribution in [0.4, 0.5) is 17.6 Å². The molecule has 3 rings (SSSR count). The molecule has 0 atom stereocenters. The minimum absolute atomic E-state index is 0.0139. The van der Waals surface area contributed by atoms with Gasteiger partial charge in [0, 0.05) is 17.8 Å². The average molecular weight is 429 g/mol. The quantitative estimate of drug-likeness (QED) is 0.593. The van der Waals surface area contributed by atoms with Gasteiger partial charge in [-0.05, 0) is 24.3 Å². The summed E-state index contributed by atoms with van der Waals surface area (Å²) in [6, 6.07) is 7.87. The van der Waals surface area contributed by atoms with Crippen LogP contribution in [0.15, 0.2) is 58.3 Å². The van der Waals surface area contributed by atoms with Crippen LogP contribution in [0.1, 0.15) is 11.1 Å². The van der Waals surface area contributed by atoms with Gasteiger partial charge in [0.05, 0.1) is 24.9 Å². The Labute approximate surface area is 166 Å². The highest BCUT2D eigenvalue weighted by atomic mass is 35.5. The van der Waals surface area contributed by atoms with E-state index in [0.29, 0.717) is 4.57 Å². The second kappa shape index (κ2) is 7.75. The summed E-state index contributed by atoms with van der Waals surface area (Å²) in [6.07, 6.45) is -3.81. The van der Waals surface area contributed by atoms with Crippen molar-refractivity contribution < 1.29 is 22.3 Å². The minimum Gasteiger partial charge on any atom is -0.495 e. The van der Waals surface area contributed by atoms with E-state index in [0.717, 1.165) is 35.0 Å². The molecule has 0 fully saturated rings. The Morgan fingerprint density at radius 1 is 1.07 bits per heavy atom. The fourth-order valence-corrected chi connectivity index (χ4v) is 3.13. The van der Waals surface area contributed by atoms with Gasteiger partial charge in [0.1, 0.15) is 16.6 Å². The van der Waals surface area contributed by atoms with Crippen LogP contribution >= 0.6 is 11.6 Å². The van der Waals surface area contributed by atoms with E-state index < -0.39 is 40.9 Å². The summed E-state index contributed by atoms with van der Waals surface area (Å²) in [5, 5.41) is -0.0335. The number of hydrogen-bond acceptors (Lipinski definition) is 3. The maximum absolute atomic E-state index is 14.1. The second-order valence-electron chi connectivity index (χ2n) is 5.96. The van der Waals surface area contributed by atoms with Crippen molar-refractivity contribution in [1.82, 2.24) is 9.13 Å². The fourth-order valence-electron chi connectivity index (χ4n) is 2.84. The van der Waals surface area contributed by atoms with Gasteiger partial charge in [-0.15, -0.1) is 0 Å². The number of halogens is 5. The molecule has 1 aromatic heterocycles. The highest BCUT2D eigenvalue weighted by molar-refractivity contribution is 6.33. The Balaban J connectivity index is 2.19. The maximum atomic E-state index is 14.1. The molecule has 0 aliphatic carbocycles. The summed E-state index contributed by atoms with van der Waals surface area (Å²) < 4.78 is 60.4. The van der Waals surface area contributed by atoms with E-state index in [2.05, 4.69) is 0 Å². The first-order valence-corrected chi connectivity index (χ1v) is 8.53. The lowest BCUT2D eigenvalue weighted by atomic mass is 10.1. The number of methoxy groups -OCH3 is 1. The standard InChI is InChI=1S/C19H13ClF4N2O3/c1-29-15-7-3-6-14(17(15)20)26-16(27)8-9-25(18(26)28)10-11-12(19(22,23)24)4-2-5-13(11)21/h2-9H,10H2,1H3. The van der Waals surface area contributed by atoms with Gasteiger partial charge in [0.25, 0.3) is 5.56 Å². The minimum atomic E-state index is -4.81. The molecular formula is C19H13ClF4N2O3. The average Bonchev–Trinajstić information content (AvgIpc) is 2.66. The first kappa shape index (κ1) is 20.7. The van der Waals surface area contributed by atoms with E-state index in [1.165, 1.54) is 25.3 Å². The number of benzene rings is 2. The third kappa shape index (κ3) is 3.91. The van der Waals surface area contributed by atoms with Gasteiger partial charge in [0.2, 0.25) is 0 Å². The van der Waals surface area contributed by atoms with Gasteiger partial charge in [-0.3, -0.25) is 9.36 Å². The van der Waals surface area contributed by atoms with E-state index >= 15 is 0 Å². The molecule has 0 radical (unpaired) electrons. The molecule has 5 nitrogen and oxygen atoms in total. The largest absolute Gasteiger partial charge is 0.495 e. The SMILES string of the molecule is COc1cccc(-n2c(=O)ccn(Cc3c(F)cccc3C(F)(F)F)c2=O)c1Cl. The molecule has 0 spiro atoms. The molecule has 0 aliphatic heterocycles. The number of aromatic nitrogens is 2. The molecule has 3 aromatic rings. The first-order valence-electron chi connectivity index (χ1n) is 8.15. The number of alkyl halides is 3. The van der Waals surface area contributed by atoms with Crippen LogP contribution in [0.2, 0.25) is 5.02 Å². The van der Waals surface area contributed by atoms with Crippen molar-refractivity contribution in [3.8, 4) is 11.4 Å². The van der Waals surface area contributed by atoms with Gasteiger partial charge in [-0.2, -0.15) is 13.2 Å². The summed E-state index contributed by atoms with van der Waals surface area (Å²) in [4.78, 5) is 25.1. The summed E-state index contributed by atoms with van der Waals surface area (Å²) >= 11 is 6.17. The van der Waals surface area contributed by atoms with E-state index in [9.17, 15) is 27.2 Å². The summed E-state index contributed by atoms with van der Waals surface area (Å²) in [5.41, 5.74) is -3.68. The first-order chi connectivity index (χ1) is 13.6. The molecule has 152 valence electrons. The zero-order valence-electron chi connectivity index (χ0n) is 14.8. The van der Waals surface area contributed by atoms with Crippen LogP contribution in [0.25, 0.3) is 5.69 Å². The summed E-state index contributed by atoms with van der Waals surface area (Å²) in [5.74, 6) is -0.928. The van der Waals surface area contributed by atoms with Crippen molar-refractivity contribution in [2.45, 2.75) is 12.7 Å². The number of nitrogens with zero attached hydrogens (tertiary/aromatic N) is 2. The van der Waals surface area contributed by atoms with Gasteiger partial charge >= 0.3 is 11.9 Å². The molecular weight excluding hydrogens is 416 g/mol. The van der Waals surface area contributed by atoms with Crippen LogP contribution in [0.5, 0.6) is 5.75 Å². The number of hydrogen-bond donors (Lipinski definition) is 0. The van der Waals surface area contributed by atoms with Crippen molar-refractivity contribution in [1.29, 1.82) is 0 Å². The van der Waals surface area contributed by atoms with Crippen LogP contribution in [0, 0.1) is 5.82 Å². The van der Waals surface area contributed by atoms with Crippen molar-refractivity contribution >= 4 is 11.6 Å². The lowest BCUT2D eigenvalue weighted by Gasteiger charge is -2.16. The van der Waals surface area contributed by atoms with Gasteiger partial charge in [0.15, 0.2) is 0 Å². The highest BCUT2D eigenvalue weighted by Crippen LogP contribution is 2.33. The van der Waals surface area contributed by atoms with Crippen molar-refractivity contribution in [2.24, 2.45) is 0 Å². The molecule has 10 heteroatoms. The fraction of sp³-hybridized carbons (Fsp3) is 0.158. The molecule has 0 aliphatic rings. The molecule has 2 aromatic carbocycles. The third-order valence-corrected chi connectivity index (χ3v) is 4.59. The second-order valence-corrected chi connectivity index (χ2v) is 6.33. The maximum Gasteiger partial charge on any atom is 0.416 e. The molecule has 0 saturated carbocycles. The molecule has 1 heterocycles. The lowest BCUT2D eigenvalue weighted by Crippen LogP contribution is -2.38. The van der Waals surface area contributed by atoms with Crippen molar-refractivity contribution in [2.75, 3.05) is 7.11 Å². The van der Waals surface area contributed by atoms with Gasteiger partial charge in [-0.25, -0.2) is 13.8 Å². The predicted molar refractivity (Wildman–Crippen MR) is 98.4 cm³/mol. The Bertz CT molecular complexity index is 1190. The Morgan fingerprint density at radius 2 is 1.76 bits per heavy atom. The van der Waals surface area contributed by atoms with E-state index in [1.54, 1.807) is 0 Å². The van der Waals surface area contributed by atoms with Crippen molar-refractivity contribution in [3.63, 3.8) is 0 Å². The molecule has 29 heavy (non-hydrogen) atoms. The van der Waals surface area contributed by atoms with Crippen LogP contribution in [-0.2, 0) is 12.7 Å². The Kier molecular flexibility index (Phi) is 5.52. The smallest absolute Gasteiger partial charge is 0.416 e. The Morgan fingerprint density at radius 3 is 2.41 bits per heavy atom. The normalized spacial score (nSPS) is 11.5. The zero-order valence-corrected chi connectivity index (χ0v) is 15.6. The number of ether oxygens (including phenoxy) is 1.